The van der Waals surface area contributed by atoms with E-state index >= 15 is 0 Å². The highest BCUT2D eigenvalue weighted by atomic mass is 16.5. The number of esters is 1. The van der Waals surface area contributed by atoms with E-state index in [4.69, 9.17) is 5.10 Å². The van der Waals surface area contributed by atoms with Gasteiger partial charge in [0, 0.05) is 17.8 Å². The quantitative estimate of drug-likeness (QED) is 0.552. The van der Waals surface area contributed by atoms with Gasteiger partial charge in [0.25, 0.3) is 0 Å². The SMILES string of the molecule is COC(=O)CCn1nc(-c2c(-c3ccccc3)nn3ccccc23)cc1O. The molecule has 7 nitrogen and oxygen atoms in total. The van der Waals surface area contributed by atoms with Crippen molar-refractivity contribution in [3.05, 3.63) is 60.8 Å². The highest BCUT2D eigenvalue weighted by Crippen LogP contribution is 2.35. The van der Waals surface area contributed by atoms with Gasteiger partial charge in [0.05, 0.1) is 31.2 Å². The summed E-state index contributed by atoms with van der Waals surface area (Å²) >= 11 is 0. The second-order valence-electron chi connectivity index (χ2n) is 6.06. The van der Waals surface area contributed by atoms with Crippen LogP contribution in [0.1, 0.15) is 6.42 Å². The van der Waals surface area contributed by atoms with Gasteiger partial charge in [-0.1, -0.05) is 36.4 Å². The zero-order chi connectivity index (χ0) is 18.8. The van der Waals surface area contributed by atoms with E-state index in [0.29, 0.717) is 5.69 Å². The Labute approximate surface area is 155 Å². The van der Waals surface area contributed by atoms with Crippen molar-refractivity contribution >= 4 is 11.5 Å². The third kappa shape index (κ3) is 3.15. The Balaban J connectivity index is 1.83. The third-order valence-electron chi connectivity index (χ3n) is 4.36. The number of fused-ring (bicyclic) bond motifs is 1. The Morgan fingerprint density at radius 3 is 2.67 bits per heavy atom. The van der Waals surface area contributed by atoms with Gasteiger partial charge in [-0.05, 0) is 12.1 Å². The summed E-state index contributed by atoms with van der Waals surface area (Å²) in [6.07, 6.45) is 2.00. The van der Waals surface area contributed by atoms with Crippen LogP contribution in [0.15, 0.2) is 60.8 Å². The molecule has 0 aliphatic rings. The number of hydrogen-bond donors (Lipinski definition) is 1. The third-order valence-corrected chi connectivity index (χ3v) is 4.36. The minimum absolute atomic E-state index is 0.0109. The molecular formula is C20H18N4O3. The summed E-state index contributed by atoms with van der Waals surface area (Å²) < 4.78 is 7.84. The normalized spacial score (nSPS) is 11.0. The topological polar surface area (TPSA) is 81.7 Å². The lowest BCUT2D eigenvalue weighted by Gasteiger charge is -2.02. The van der Waals surface area contributed by atoms with E-state index in [1.54, 1.807) is 10.6 Å². The minimum Gasteiger partial charge on any atom is -0.493 e. The Morgan fingerprint density at radius 2 is 1.89 bits per heavy atom. The number of aromatic hydroxyl groups is 1. The number of ether oxygens (including phenoxy) is 1. The van der Waals surface area contributed by atoms with Crippen LogP contribution in [0, 0.1) is 0 Å². The molecule has 0 aliphatic heterocycles. The molecule has 0 saturated heterocycles. The summed E-state index contributed by atoms with van der Waals surface area (Å²) in [5.41, 5.74) is 4.04. The molecule has 3 heterocycles. The summed E-state index contributed by atoms with van der Waals surface area (Å²) in [4.78, 5) is 11.4. The summed E-state index contributed by atoms with van der Waals surface area (Å²) in [5.74, 6) is -0.365. The molecule has 0 atom stereocenters. The molecule has 3 aromatic heterocycles. The van der Waals surface area contributed by atoms with Gasteiger partial charge in [0.15, 0.2) is 0 Å². The number of hydrogen-bond acceptors (Lipinski definition) is 5. The molecule has 0 spiro atoms. The van der Waals surface area contributed by atoms with Crippen molar-refractivity contribution in [3.8, 4) is 28.4 Å². The molecule has 0 unspecified atom stereocenters. The lowest BCUT2D eigenvalue weighted by Crippen LogP contribution is -2.07. The fraction of sp³-hybridized carbons (Fsp3) is 0.150. The van der Waals surface area contributed by atoms with Crippen molar-refractivity contribution in [1.29, 1.82) is 0 Å². The average molecular weight is 362 g/mol. The van der Waals surface area contributed by atoms with E-state index in [9.17, 15) is 9.90 Å². The van der Waals surface area contributed by atoms with Gasteiger partial charge in [0.2, 0.25) is 5.88 Å². The van der Waals surface area contributed by atoms with Crippen molar-refractivity contribution in [1.82, 2.24) is 19.4 Å². The van der Waals surface area contributed by atoms with Crippen LogP contribution in [0.4, 0.5) is 0 Å². The van der Waals surface area contributed by atoms with Crippen LogP contribution in [0.25, 0.3) is 28.0 Å². The lowest BCUT2D eigenvalue weighted by atomic mass is 10.0. The van der Waals surface area contributed by atoms with Gasteiger partial charge >= 0.3 is 5.97 Å². The maximum Gasteiger partial charge on any atom is 0.307 e. The van der Waals surface area contributed by atoms with Crippen LogP contribution in [0.5, 0.6) is 5.88 Å². The number of rotatable bonds is 5. The standard InChI is InChI=1S/C20H18N4O3/c1-27-18(26)10-12-24-17(25)13-15(21-24)19-16-9-5-6-11-23(16)22-20(19)14-7-3-2-4-8-14/h2-9,11,13,25H,10,12H2,1H3. The van der Waals surface area contributed by atoms with Gasteiger partial charge in [-0.2, -0.15) is 10.2 Å². The fourth-order valence-corrected chi connectivity index (χ4v) is 3.04. The molecule has 136 valence electrons. The molecule has 27 heavy (non-hydrogen) atoms. The number of pyridine rings is 1. The van der Waals surface area contributed by atoms with Crippen molar-refractivity contribution in [2.75, 3.05) is 7.11 Å². The van der Waals surface area contributed by atoms with Crippen LogP contribution in [-0.2, 0) is 16.1 Å². The molecule has 7 heteroatoms. The van der Waals surface area contributed by atoms with Crippen molar-refractivity contribution < 1.29 is 14.6 Å². The van der Waals surface area contributed by atoms with Crippen LogP contribution >= 0.6 is 0 Å². The average Bonchev–Trinajstić information content (AvgIpc) is 3.27. The number of aromatic nitrogens is 4. The van der Waals surface area contributed by atoms with Gasteiger partial charge in [-0.3, -0.25) is 4.79 Å². The Bertz CT molecular complexity index is 1100. The van der Waals surface area contributed by atoms with Gasteiger partial charge in [-0.25, -0.2) is 9.20 Å². The van der Waals surface area contributed by atoms with Gasteiger partial charge < -0.3 is 9.84 Å². The number of nitrogens with zero attached hydrogens (tertiary/aromatic N) is 4. The number of methoxy groups -OCH3 is 1. The maximum absolute atomic E-state index is 11.4. The second-order valence-corrected chi connectivity index (χ2v) is 6.06. The lowest BCUT2D eigenvalue weighted by molar-refractivity contribution is -0.140. The van der Waals surface area contributed by atoms with Crippen LogP contribution in [-0.4, -0.2) is 37.6 Å². The Kier molecular flexibility index (Phi) is 4.33. The zero-order valence-corrected chi connectivity index (χ0v) is 14.7. The predicted octanol–water partition coefficient (Wildman–Crippen LogP) is 3.13. The number of carbonyl (C=O) groups excluding carboxylic acids is 1. The summed E-state index contributed by atoms with van der Waals surface area (Å²) in [6, 6.07) is 17.2. The van der Waals surface area contributed by atoms with E-state index in [0.717, 1.165) is 22.3 Å². The molecule has 0 fully saturated rings. The second kappa shape index (κ2) is 6.95. The van der Waals surface area contributed by atoms with Crippen molar-refractivity contribution in [2.45, 2.75) is 13.0 Å². The number of aryl methyl sites for hydroxylation is 1. The highest BCUT2D eigenvalue weighted by molar-refractivity contribution is 5.91. The molecule has 4 rings (SSSR count). The molecule has 0 aliphatic carbocycles. The van der Waals surface area contributed by atoms with E-state index < -0.39 is 0 Å². The molecule has 0 saturated carbocycles. The largest absolute Gasteiger partial charge is 0.493 e. The summed E-state index contributed by atoms with van der Waals surface area (Å²) in [7, 11) is 1.34. The Hall–Kier alpha value is -3.61. The molecular weight excluding hydrogens is 344 g/mol. The molecule has 1 N–H and O–H groups in total. The fourth-order valence-electron chi connectivity index (χ4n) is 3.04. The monoisotopic (exact) mass is 362 g/mol. The van der Waals surface area contributed by atoms with Crippen molar-refractivity contribution in [2.24, 2.45) is 0 Å². The smallest absolute Gasteiger partial charge is 0.307 e. The number of carbonyl (C=O) groups is 1. The summed E-state index contributed by atoms with van der Waals surface area (Å²) in [6.45, 7) is 0.235. The van der Waals surface area contributed by atoms with E-state index in [1.165, 1.54) is 11.8 Å². The molecule has 0 bridgehead atoms. The molecule has 4 aromatic rings. The highest BCUT2D eigenvalue weighted by Gasteiger charge is 2.20. The molecule has 1 aromatic carbocycles. The minimum atomic E-state index is -0.354. The predicted molar refractivity (Wildman–Crippen MR) is 100 cm³/mol. The van der Waals surface area contributed by atoms with E-state index in [2.05, 4.69) is 9.84 Å². The first-order valence-corrected chi connectivity index (χ1v) is 8.54. The zero-order valence-electron chi connectivity index (χ0n) is 14.7. The molecule has 0 amide bonds. The van der Waals surface area contributed by atoms with Gasteiger partial charge in [0.1, 0.15) is 11.4 Å². The number of benzene rings is 1. The first-order chi connectivity index (χ1) is 13.2. The van der Waals surface area contributed by atoms with E-state index in [1.807, 2.05) is 54.7 Å². The van der Waals surface area contributed by atoms with Gasteiger partial charge in [-0.15, -0.1) is 0 Å². The summed E-state index contributed by atoms with van der Waals surface area (Å²) in [5, 5.41) is 19.5. The Morgan fingerprint density at radius 1 is 1.11 bits per heavy atom. The van der Waals surface area contributed by atoms with Crippen LogP contribution in [0.3, 0.4) is 0 Å². The maximum atomic E-state index is 11.4. The van der Waals surface area contributed by atoms with Crippen LogP contribution in [0.2, 0.25) is 0 Å². The van der Waals surface area contributed by atoms with Crippen molar-refractivity contribution in [3.63, 3.8) is 0 Å². The van der Waals surface area contributed by atoms with E-state index in [-0.39, 0.29) is 24.8 Å². The first-order valence-electron chi connectivity index (χ1n) is 8.54. The van der Waals surface area contributed by atoms with Crippen LogP contribution < -0.4 is 0 Å². The first kappa shape index (κ1) is 16.8. The molecule has 0 radical (unpaired) electrons.